The maximum Gasteiger partial charge on any atom is 0.0189 e. The van der Waals surface area contributed by atoms with E-state index in [-0.39, 0.29) is 0 Å². The van der Waals surface area contributed by atoms with Crippen LogP contribution in [0.1, 0.15) is 47.0 Å². The molecule has 0 saturated heterocycles. The van der Waals surface area contributed by atoms with Gasteiger partial charge in [-0.2, -0.15) is 0 Å². The number of hydrogen-bond donors (Lipinski definition) is 1. The molecule has 0 aliphatic carbocycles. The van der Waals surface area contributed by atoms with Crippen molar-refractivity contribution in [3.63, 3.8) is 0 Å². The van der Waals surface area contributed by atoms with Crippen LogP contribution in [0.4, 0.5) is 0 Å². The molecule has 0 aromatic rings. The molecule has 2 heteroatoms. The zero-order valence-electron chi connectivity index (χ0n) is 11.3. The summed E-state index contributed by atoms with van der Waals surface area (Å²) >= 11 is 0. The summed E-state index contributed by atoms with van der Waals surface area (Å²) < 4.78 is 0. The summed E-state index contributed by atoms with van der Waals surface area (Å²) in [5.41, 5.74) is 0. The maximum absolute atomic E-state index is 3.52. The first-order valence-corrected chi connectivity index (χ1v) is 6.52. The average Bonchev–Trinajstić information content (AvgIpc) is 2.23. The molecule has 1 N–H and O–H groups in total. The Morgan fingerprint density at radius 2 is 1.87 bits per heavy atom. The third kappa shape index (κ3) is 7.80. The average molecular weight is 214 g/mol. The molecule has 0 aliphatic rings. The van der Waals surface area contributed by atoms with Crippen molar-refractivity contribution in [1.82, 2.24) is 10.2 Å². The predicted octanol–water partition coefficient (Wildman–Crippen LogP) is 2.74. The predicted molar refractivity (Wildman–Crippen MR) is 69.3 cm³/mol. The topological polar surface area (TPSA) is 15.3 Å². The van der Waals surface area contributed by atoms with Crippen LogP contribution in [-0.2, 0) is 0 Å². The van der Waals surface area contributed by atoms with Gasteiger partial charge in [0, 0.05) is 19.1 Å². The van der Waals surface area contributed by atoms with Crippen LogP contribution in [0, 0.1) is 5.92 Å². The third-order valence-electron chi connectivity index (χ3n) is 3.20. The Bertz CT molecular complexity index is 136. The molecule has 15 heavy (non-hydrogen) atoms. The van der Waals surface area contributed by atoms with Crippen LogP contribution in [-0.4, -0.2) is 37.6 Å². The fourth-order valence-corrected chi connectivity index (χ4v) is 1.57. The van der Waals surface area contributed by atoms with Crippen molar-refractivity contribution in [2.24, 2.45) is 5.92 Å². The molecule has 0 spiro atoms. The molecular formula is C13H30N2. The molecule has 0 aromatic carbocycles. The highest BCUT2D eigenvalue weighted by atomic mass is 15.1. The first-order valence-electron chi connectivity index (χ1n) is 6.52. The van der Waals surface area contributed by atoms with Crippen molar-refractivity contribution in [2.75, 3.05) is 26.7 Å². The molecule has 2 unspecified atom stereocenters. The van der Waals surface area contributed by atoms with E-state index in [1.165, 1.54) is 25.8 Å². The quantitative estimate of drug-likeness (QED) is 0.594. The summed E-state index contributed by atoms with van der Waals surface area (Å²) in [6.07, 6.45) is 3.85. The van der Waals surface area contributed by atoms with Gasteiger partial charge >= 0.3 is 0 Å². The van der Waals surface area contributed by atoms with Crippen molar-refractivity contribution in [2.45, 2.75) is 53.0 Å². The lowest BCUT2D eigenvalue weighted by Gasteiger charge is -2.27. The van der Waals surface area contributed by atoms with Gasteiger partial charge in [-0.3, -0.25) is 0 Å². The summed E-state index contributed by atoms with van der Waals surface area (Å²) in [5.74, 6) is 0.813. The number of nitrogens with zero attached hydrogens (tertiary/aromatic N) is 1. The van der Waals surface area contributed by atoms with Crippen LogP contribution in [0.3, 0.4) is 0 Å². The van der Waals surface area contributed by atoms with Crippen molar-refractivity contribution >= 4 is 0 Å². The van der Waals surface area contributed by atoms with Gasteiger partial charge in [0.15, 0.2) is 0 Å². The van der Waals surface area contributed by atoms with E-state index in [1.54, 1.807) is 0 Å². The number of likely N-dealkylation sites (N-methyl/N-ethyl adjacent to an activating group) is 1. The minimum atomic E-state index is 0.649. The van der Waals surface area contributed by atoms with Gasteiger partial charge in [0.05, 0.1) is 0 Å². The van der Waals surface area contributed by atoms with E-state index in [2.05, 4.69) is 45.0 Å². The first kappa shape index (κ1) is 14.9. The number of hydrogen-bond acceptors (Lipinski definition) is 2. The van der Waals surface area contributed by atoms with Crippen LogP contribution >= 0.6 is 0 Å². The first-order chi connectivity index (χ1) is 7.11. The van der Waals surface area contributed by atoms with Crippen LogP contribution in [0.25, 0.3) is 0 Å². The second-order valence-electron chi connectivity index (χ2n) is 4.86. The van der Waals surface area contributed by atoms with Gasteiger partial charge in [0.25, 0.3) is 0 Å². The molecule has 0 bridgehead atoms. The van der Waals surface area contributed by atoms with E-state index in [1.807, 2.05) is 0 Å². The third-order valence-corrected chi connectivity index (χ3v) is 3.20. The Balaban J connectivity index is 3.55. The van der Waals surface area contributed by atoms with Gasteiger partial charge in [0.2, 0.25) is 0 Å². The van der Waals surface area contributed by atoms with Gasteiger partial charge in [-0.25, -0.2) is 0 Å². The van der Waals surface area contributed by atoms with Gasteiger partial charge in [-0.1, -0.05) is 33.6 Å². The summed E-state index contributed by atoms with van der Waals surface area (Å²) in [6, 6.07) is 0.649. The van der Waals surface area contributed by atoms with Gasteiger partial charge in [0.1, 0.15) is 0 Å². The Morgan fingerprint density at radius 3 is 2.40 bits per heavy atom. The Labute approximate surface area is 96.4 Å². The fourth-order valence-electron chi connectivity index (χ4n) is 1.57. The SMILES string of the molecule is CCCCNCC(C)N(C)CC(C)CC. The molecule has 2 nitrogen and oxygen atoms in total. The molecule has 0 rings (SSSR count). The smallest absolute Gasteiger partial charge is 0.0189 e. The Kier molecular flexibility index (Phi) is 9.12. The zero-order chi connectivity index (χ0) is 11.7. The standard InChI is InChI=1S/C13H30N2/c1-6-8-9-14-10-13(4)15(5)11-12(3)7-2/h12-14H,6-11H2,1-5H3. The molecule has 0 aliphatic heterocycles. The van der Waals surface area contributed by atoms with Crippen molar-refractivity contribution in [1.29, 1.82) is 0 Å². The zero-order valence-corrected chi connectivity index (χ0v) is 11.3. The largest absolute Gasteiger partial charge is 0.315 e. The van der Waals surface area contributed by atoms with Gasteiger partial charge in [-0.15, -0.1) is 0 Å². The maximum atomic E-state index is 3.52. The lowest BCUT2D eigenvalue weighted by molar-refractivity contribution is 0.217. The molecule has 0 fully saturated rings. The molecule has 0 saturated carbocycles. The summed E-state index contributed by atoms with van der Waals surface area (Å²) in [4.78, 5) is 2.47. The minimum absolute atomic E-state index is 0.649. The molecule has 0 aromatic heterocycles. The van der Waals surface area contributed by atoms with E-state index in [0.717, 1.165) is 19.0 Å². The normalized spacial score (nSPS) is 15.6. The highest BCUT2D eigenvalue weighted by Gasteiger charge is 2.10. The fraction of sp³-hybridized carbons (Fsp3) is 1.00. The van der Waals surface area contributed by atoms with Gasteiger partial charge in [-0.05, 0) is 32.9 Å². The van der Waals surface area contributed by atoms with Crippen LogP contribution in [0.5, 0.6) is 0 Å². The molecule has 0 radical (unpaired) electrons. The van der Waals surface area contributed by atoms with Crippen molar-refractivity contribution in [3.05, 3.63) is 0 Å². The van der Waals surface area contributed by atoms with Crippen molar-refractivity contribution in [3.8, 4) is 0 Å². The molecule has 0 amide bonds. The molecular weight excluding hydrogens is 184 g/mol. The second kappa shape index (κ2) is 9.17. The Morgan fingerprint density at radius 1 is 1.20 bits per heavy atom. The van der Waals surface area contributed by atoms with E-state index < -0.39 is 0 Å². The van der Waals surface area contributed by atoms with Crippen LogP contribution in [0.2, 0.25) is 0 Å². The highest BCUT2D eigenvalue weighted by molar-refractivity contribution is 4.68. The second-order valence-corrected chi connectivity index (χ2v) is 4.86. The van der Waals surface area contributed by atoms with E-state index in [9.17, 15) is 0 Å². The Hall–Kier alpha value is -0.0800. The number of nitrogens with one attached hydrogen (secondary N) is 1. The number of rotatable bonds is 9. The van der Waals surface area contributed by atoms with Crippen LogP contribution < -0.4 is 5.32 Å². The van der Waals surface area contributed by atoms with Crippen molar-refractivity contribution < 1.29 is 0 Å². The summed E-state index contributed by atoms with van der Waals surface area (Å²) in [7, 11) is 2.23. The van der Waals surface area contributed by atoms with Gasteiger partial charge < -0.3 is 10.2 Å². The van der Waals surface area contributed by atoms with E-state index in [4.69, 9.17) is 0 Å². The number of unbranched alkanes of at least 4 members (excludes halogenated alkanes) is 1. The molecule has 0 heterocycles. The lowest BCUT2D eigenvalue weighted by atomic mass is 10.1. The molecule has 2 atom stereocenters. The van der Waals surface area contributed by atoms with E-state index >= 15 is 0 Å². The van der Waals surface area contributed by atoms with E-state index in [0.29, 0.717) is 6.04 Å². The molecule has 92 valence electrons. The van der Waals surface area contributed by atoms with Crippen LogP contribution in [0.15, 0.2) is 0 Å². The monoisotopic (exact) mass is 214 g/mol. The lowest BCUT2D eigenvalue weighted by Crippen LogP contribution is -2.40. The highest BCUT2D eigenvalue weighted by Crippen LogP contribution is 2.05. The minimum Gasteiger partial charge on any atom is -0.315 e. The summed E-state index contributed by atoms with van der Waals surface area (Å²) in [5, 5.41) is 3.52. The summed E-state index contributed by atoms with van der Waals surface area (Å²) in [6.45, 7) is 12.6.